The molecule has 1 heterocycles. The number of carbonyl (C=O) groups is 4. The van der Waals surface area contributed by atoms with Crippen LogP contribution in [0.5, 0.6) is 0 Å². The molecule has 3 amide bonds. The Hall–Kier alpha value is -4.86. The Morgan fingerprint density at radius 3 is 1.82 bits per heavy atom. The van der Waals surface area contributed by atoms with Crippen LogP contribution in [-0.2, 0) is 9.59 Å². The zero-order chi connectivity index (χ0) is 30.9. The van der Waals surface area contributed by atoms with E-state index in [4.69, 9.17) is 23.2 Å². The lowest BCUT2D eigenvalue weighted by atomic mass is 9.55. The average Bonchev–Trinajstić information content (AvgIpc) is 3.29. The maximum atomic E-state index is 14.4. The number of imide groups is 1. The third-order valence-corrected chi connectivity index (χ3v) is 9.28. The molecule has 0 N–H and O–H groups in total. The number of non-ortho nitro benzene ring substituents is 1. The van der Waals surface area contributed by atoms with E-state index in [1.54, 1.807) is 0 Å². The maximum Gasteiger partial charge on any atom is 0.273 e. The van der Waals surface area contributed by atoms with Gasteiger partial charge in [0.1, 0.15) is 6.54 Å². The number of Topliss-reactive ketones (excluding diaryl/α,β-unsaturated/α-hetero) is 1. The lowest BCUT2D eigenvalue weighted by Crippen LogP contribution is -2.52. The van der Waals surface area contributed by atoms with Crippen molar-refractivity contribution < 1.29 is 24.1 Å². The van der Waals surface area contributed by atoms with Gasteiger partial charge < -0.3 is 0 Å². The molecular weight excluding hydrogens is 605 g/mol. The van der Waals surface area contributed by atoms with E-state index in [1.165, 1.54) is 36.4 Å². The summed E-state index contributed by atoms with van der Waals surface area (Å²) >= 11 is 12.3. The van der Waals surface area contributed by atoms with Crippen LogP contribution in [0, 0.1) is 22.0 Å². The van der Waals surface area contributed by atoms with Crippen LogP contribution in [0.15, 0.2) is 91.0 Å². The predicted octanol–water partition coefficient (Wildman–Crippen LogP) is 6.03. The molecule has 4 aromatic rings. The number of amides is 3. The highest BCUT2D eigenvalue weighted by Crippen LogP contribution is 2.61. The smallest absolute Gasteiger partial charge is 0.273 e. The molecule has 11 heteroatoms. The van der Waals surface area contributed by atoms with Crippen molar-refractivity contribution in [2.75, 3.05) is 6.54 Å². The molecule has 8 rings (SSSR count). The number of hydrogen-bond donors (Lipinski definition) is 0. The van der Waals surface area contributed by atoms with E-state index in [-0.39, 0.29) is 21.8 Å². The lowest BCUT2D eigenvalue weighted by molar-refractivity contribution is -0.384. The predicted molar refractivity (Wildman–Crippen MR) is 160 cm³/mol. The van der Waals surface area contributed by atoms with Gasteiger partial charge in [-0.15, -0.1) is 0 Å². The monoisotopic (exact) mass is 625 g/mol. The van der Waals surface area contributed by atoms with Crippen LogP contribution >= 0.6 is 23.2 Å². The van der Waals surface area contributed by atoms with Crippen LogP contribution in [0.4, 0.5) is 5.69 Å². The molecular formula is C33H21Cl2N3O6. The second-order valence-corrected chi connectivity index (χ2v) is 11.8. The molecule has 3 aliphatic carbocycles. The number of rotatable bonds is 6. The van der Waals surface area contributed by atoms with Crippen LogP contribution in [0.3, 0.4) is 0 Å². The summed E-state index contributed by atoms with van der Waals surface area (Å²) in [4.78, 5) is 67.3. The summed E-state index contributed by atoms with van der Waals surface area (Å²) in [6.45, 7) is -0.727. The molecule has 1 saturated heterocycles. The molecule has 2 atom stereocenters. The first-order valence-corrected chi connectivity index (χ1v) is 14.5. The minimum Gasteiger partial charge on any atom is -0.292 e. The summed E-state index contributed by atoms with van der Waals surface area (Å²) in [6, 6.07) is 24.5. The number of ketones is 1. The number of nitro benzene ring substituents is 1. The van der Waals surface area contributed by atoms with Crippen molar-refractivity contribution in [1.29, 1.82) is 0 Å². The minimum absolute atomic E-state index is 0.0296. The summed E-state index contributed by atoms with van der Waals surface area (Å²) in [5, 5.41) is 13.4. The number of hydrazine groups is 1. The van der Waals surface area contributed by atoms with Gasteiger partial charge in [-0.3, -0.25) is 29.3 Å². The Kier molecular flexibility index (Phi) is 6.60. The molecule has 4 aromatic carbocycles. The number of benzene rings is 4. The number of carbonyl (C=O) groups excluding carboxylic acids is 4. The molecule has 2 bridgehead atoms. The SMILES string of the molecule is O=C(CN(C(=O)c1cccc([N+](=O)[O-])c1)N1C(=O)[C@H]2C3c4ccccc4C(c4ccccc43)[C@@H]2C1=O)c1ccc(Cl)cc1Cl. The van der Waals surface area contributed by atoms with E-state index in [9.17, 15) is 29.3 Å². The Morgan fingerprint density at radius 2 is 1.32 bits per heavy atom. The van der Waals surface area contributed by atoms with Crippen molar-refractivity contribution >= 4 is 52.4 Å². The zero-order valence-electron chi connectivity index (χ0n) is 22.7. The average molecular weight is 626 g/mol. The van der Waals surface area contributed by atoms with Gasteiger partial charge in [0.2, 0.25) is 0 Å². The second kappa shape index (κ2) is 10.4. The fourth-order valence-electron chi connectivity index (χ4n) is 6.97. The third kappa shape index (κ3) is 4.15. The molecule has 0 saturated carbocycles. The fourth-order valence-corrected chi connectivity index (χ4v) is 7.49. The zero-order valence-corrected chi connectivity index (χ0v) is 24.2. The minimum atomic E-state index is -0.921. The highest BCUT2D eigenvalue weighted by molar-refractivity contribution is 6.37. The summed E-state index contributed by atoms with van der Waals surface area (Å²) in [5.74, 6) is -5.31. The number of hydrogen-bond acceptors (Lipinski definition) is 6. The van der Waals surface area contributed by atoms with Crippen LogP contribution in [0.2, 0.25) is 10.0 Å². The van der Waals surface area contributed by atoms with Gasteiger partial charge in [-0.25, -0.2) is 5.01 Å². The topological polar surface area (TPSA) is 118 Å². The van der Waals surface area contributed by atoms with Gasteiger partial charge >= 0.3 is 0 Å². The van der Waals surface area contributed by atoms with Gasteiger partial charge in [0, 0.05) is 40.1 Å². The molecule has 218 valence electrons. The van der Waals surface area contributed by atoms with Crippen molar-refractivity contribution in [3.8, 4) is 0 Å². The summed E-state index contributed by atoms with van der Waals surface area (Å²) < 4.78 is 0. The number of nitro groups is 1. The van der Waals surface area contributed by atoms with Gasteiger partial charge in [-0.2, -0.15) is 5.01 Å². The van der Waals surface area contributed by atoms with Gasteiger partial charge in [-0.05, 0) is 46.5 Å². The van der Waals surface area contributed by atoms with Crippen LogP contribution in [0.1, 0.15) is 54.8 Å². The molecule has 0 radical (unpaired) electrons. The summed E-state index contributed by atoms with van der Waals surface area (Å²) in [7, 11) is 0. The normalized spacial score (nSPS) is 21.0. The van der Waals surface area contributed by atoms with Crippen LogP contribution < -0.4 is 0 Å². The lowest BCUT2D eigenvalue weighted by Gasteiger charge is -2.45. The van der Waals surface area contributed by atoms with E-state index in [0.29, 0.717) is 5.02 Å². The molecule has 0 aromatic heterocycles. The second-order valence-electron chi connectivity index (χ2n) is 11.0. The third-order valence-electron chi connectivity index (χ3n) is 8.73. The van der Waals surface area contributed by atoms with Crippen molar-refractivity contribution in [2.45, 2.75) is 11.8 Å². The Labute approximate surface area is 260 Å². The van der Waals surface area contributed by atoms with E-state index in [0.717, 1.165) is 38.3 Å². The highest BCUT2D eigenvalue weighted by atomic mass is 35.5. The van der Waals surface area contributed by atoms with E-state index in [2.05, 4.69) is 0 Å². The van der Waals surface area contributed by atoms with Gasteiger partial charge in [0.15, 0.2) is 5.78 Å². The van der Waals surface area contributed by atoms with Gasteiger partial charge in [-0.1, -0.05) is 77.8 Å². The molecule has 44 heavy (non-hydrogen) atoms. The largest absolute Gasteiger partial charge is 0.292 e. The van der Waals surface area contributed by atoms with E-state index in [1.807, 2.05) is 48.5 Å². The van der Waals surface area contributed by atoms with Crippen molar-refractivity contribution in [1.82, 2.24) is 10.0 Å². The van der Waals surface area contributed by atoms with Gasteiger partial charge in [0.25, 0.3) is 23.4 Å². The molecule has 0 spiro atoms. The quantitative estimate of drug-likeness (QED) is 0.112. The number of nitrogens with zero attached hydrogens (tertiary/aromatic N) is 3. The standard InChI is InChI=1S/C33H21Cl2N3O6/c34-18-12-13-24(25(35)15-18)26(39)16-36(31(40)17-6-5-7-19(14-17)38(43)44)37-32(41)29-27-20-8-1-2-9-21(20)28(30(29)33(37)42)23-11-4-3-10-22(23)27/h1-15,27-30H,16H2/t27?,28?,29-,30-/m0/s1. The Bertz CT molecular complexity index is 1830. The highest BCUT2D eigenvalue weighted by Gasteiger charge is 2.63. The first-order chi connectivity index (χ1) is 21.2. The van der Waals surface area contributed by atoms with Crippen LogP contribution in [-0.4, -0.2) is 45.0 Å². The Morgan fingerprint density at radius 1 is 0.773 bits per heavy atom. The van der Waals surface area contributed by atoms with Gasteiger partial charge in [0.05, 0.1) is 21.8 Å². The molecule has 9 nitrogen and oxygen atoms in total. The number of halogens is 2. The summed E-state index contributed by atoms with van der Waals surface area (Å²) in [5.41, 5.74) is 3.28. The van der Waals surface area contributed by atoms with E-state index < -0.39 is 58.6 Å². The molecule has 1 fully saturated rings. The molecule has 4 aliphatic rings. The first-order valence-electron chi connectivity index (χ1n) is 13.8. The first kappa shape index (κ1) is 27.9. The summed E-state index contributed by atoms with van der Waals surface area (Å²) in [6.07, 6.45) is 0. The van der Waals surface area contributed by atoms with Crippen LogP contribution in [0.25, 0.3) is 0 Å². The van der Waals surface area contributed by atoms with Crippen molar-refractivity contribution in [3.63, 3.8) is 0 Å². The molecule has 0 unspecified atom stereocenters. The Balaban J connectivity index is 1.34. The van der Waals surface area contributed by atoms with Crippen molar-refractivity contribution in [3.05, 3.63) is 145 Å². The van der Waals surface area contributed by atoms with Crippen molar-refractivity contribution in [2.24, 2.45) is 11.8 Å². The fraction of sp³-hybridized carbons (Fsp3) is 0.152. The maximum absolute atomic E-state index is 14.4. The molecule has 1 aliphatic heterocycles. The van der Waals surface area contributed by atoms with E-state index >= 15 is 0 Å².